The van der Waals surface area contributed by atoms with Crippen LogP contribution in [0.4, 0.5) is 0 Å². The molecule has 1 heterocycles. The number of carboxylic acid groups (broad SMARTS) is 1. The number of carbonyl (C=O) groups is 1. The van der Waals surface area contributed by atoms with Crippen molar-refractivity contribution >= 4 is 5.97 Å². The van der Waals surface area contributed by atoms with E-state index in [1.807, 2.05) is 0 Å². The van der Waals surface area contributed by atoms with E-state index in [4.69, 9.17) is 5.11 Å². The number of rotatable bonds is 1. The van der Waals surface area contributed by atoms with Gasteiger partial charge in [-0.05, 0) is 25.7 Å². The molecule has 0 aromatic rings. The SMILES string of the molecule is O=C(O)C1CNC2(CCC2)C1. The molecule has 0 aromatic carbocycles. The van der Waals surface area contributed by atoms with Crippen LogP contribution in [0, 0.1) is 5.92 Å². The third-order valence-corrected chi connectivity index (χ3v) is 3.02. The van der Waals surface area contributed by atoms with Crippen LogP contribution in [0.5, 0.6) is 0 Å². The number of hydrogen-bond acceptors (Lipinski definition) is 2. The minimum atomic E-state index is -0.638. The van der Waals surface area contributed by atoms with Gasteiger partial charge in [-0.1, -0.05) is 0 Å². The average Bonchev–Trinajstić information content (AvgIpc) is 2.28. The Hall–Kier alpha value is -0.570. The lowest BCUT2D eigenvalue weighted by atomic mass is 9.74. The first-order chi connectivity index (χ1) is 5.22. The molecule has 2 fully saturated rings. The molecule has 3 heteroatoms. The van der Waals surface area contributed by atoms with Crippen LogP contribution in [0.25, 0.3) is 0 Å². The van der Waals surface area contributed by atoms with Crippen LogP contribution in [0.3, 0.4) is 0 Å². The maximum atomic E-state index is 10.6. The second-order valence-corrected chi connectivity index (χ2v) is 3.75. The summed E-state index contributed by atoms with van der Waals surface area (Å²) in [6.45, 7) is 0.676. The molecule has 3 nitrogen and oxygen atoms in total. The van der Waals surface area contributed by atoms with Crippen LogP contribution in [0.15, 0.2) is 0 Å². The van der Waals surface area contributed by atoms with Gasteiger partial charge in [-0.15, -0.1) is 0 Å². The van der Waals surface area contributed by atoms with Crippen LogP contribution in [0.1, 0.15) is 25.7 Å². The van der Waals surface area contributed by atoms with Crippen molar-refractivity contribution in [1.29, 1.82) is 0 Å². The van der Waals surface area contributed by atoms with E-state index in [9.17, 15) is 4.79 Å². The lowest BCUT2D eigenvalue weighted by molar-refractivity contribution is -0.141. The molecule has 1 aliphatic heterocycles. The maximum Gasteiger partial charge on any atom is 0.307 e. The highest BCUT2D eigenvalue weighted by Crippen LogP contribution is 2.40. The Morgan fingerprint density at radius 2 is 2.27 bits per heavy atom. The summed E-state index contributed by atoms with van der Waals surface area (Å²) < 4.78 is 0. The van der Waals surface area contributed by atoms with E-state index in [-0.39, 0.29) is 11.5 Å². The quantitative estimate of drug-likeness (QED) is 0.583. The molecule has 1 atom stereocenters. The van der Waals surface area contributed by atoms with E-state index in [0.29, 0.717) is 6.54 Å². The minimum Gasteiger partial charge on any atom is -0.481 e. The second-order valence-electron chi connectivity index (χ2n) is 3.75. The van der Waals surface area contributed by atoms with Gasteiger partial charge in [0.2, 0.25) is 0 Å². The summed E-state index contributed by atoms with van der Waals surface area (Å²) >= 11 is 0. The van der Waals surface area contributed by atoms with Gasteiger partial charge in [0.25, 0.3) is 0 Å². The molecule has 0 bridgehead atoms. The maximum absolute atomic E-state index is 10.6. The summed E-state index contributed by atoms with van der Waals surface area (Å²) in [7, 11) is 0. The lowest BCUT2D eigenvalue weighted by Gasteiger charge is -2.38. The predicted molar refractivity (Wildman–Crippen MR) is 40.3 cm³/mol. The Morgan fingerprint density at radius 3 is 2.55 bits per heavy atom. The summed E-state index contributed by atoms with van der Waals surface area (Å²) in [4.78, 5) is 10.6. The Bertz CT molecular complexity index is 187. The van der Waals surface area contributed by atoms with Gasteiger partial charge in [0.1, 0.15) is 0 Å². The van der Waals surface area contributed by atoms with Gasteiger partial charge in [0.15, 0.2) is 0 Å². The number of carboxylic acids is 1. The molecule has 0 radical (unpaired) electrons. The standard InChI is InChI=1S/C8H13NO2/c10-7(11)6-4-8(9-5-6)2-1-3-8/h6,9H,1-5H2,(H,10,11). The first-order valence-corrected chi connectivity index (χ1v) is 4.20. The Morgan fingerprint density at radius 1 is 1.55 bits per heavy atom. The van der Waals surface area contributed by atoms with Crippen LogP contribution in [-0.4, -0.2) is 23.2 Å². The second kappa shape index (κ2) is 2.21. The Balaban J connectivity index is 1.98. The molecule has 1 spiro atoms. The summed E-state index contributed by atoms with van der Waals surface area (Å²) in [6, 6.07) is 0. The van der Waals surface area contributed by atoms with E-state index in [2.05, 4.69) is 5.32 Å². The average molecular weight is 155 g/mol. The zero-order chi connectivity index (χ0) is 7.90. The van der Waals surface area contributed by atoms with Crippen LogP contribution in [-0.2, 0) is 4.79 Å². The van der Waals surface area contributed by atoms with Crippen molar-refractivity contribution in [2.75, 3.05) is 6.54 Å². The number of hydrogen-bond donors (Lipinski definition) is 2. The fourth-order valence-electron chi connectivity index (χ4n) is 2.11. The van der Waals surface area contributed by atoms with Gasteiger partial charge in [0.05, 0.1) is 5.92 Å². The van der Waals surface area contributed by atoms with Crippen molar-refractivity contribution in [3.8, 4) is 0 Å². The summed E-state index contributed by atoms with van der Waals surface area (Å²) in [6.07, 6.45) is 4.47. The fraction of sp³-hybridized carbons (Fsp3) is 0.875. The largest absolute Gasteiger partial charge is 0.481 e. The summed E-state index contributed by atoms with van der Waals surface area (Å²) in [5.41, 5.74) is 0.239. The molecule has 0 aromatic heterocycles. The molecule has 1 unspecified atom stereocenters. The molecule has 2 aliphatic rings. The number of aliphatic carboxylic acids is 1. The molecule has 1 saturated carbocycles. The smallest absolute Gasteiger partial charge is 0.307 e. The van der Waals surface area contributed by atoms with E-state index in [1.54, 1.807) is 0 Å². The van der Waals surface area contributed by atoms with Crippen molar-refractivity contribution in [2.24, 2.45) is 5.92 Å². The van der Waals surface area contributed by atoms with Crippen LogP contribution in [0.2, 0.25) is 0 Å². The molecular weight excluding hydrogens is 142 g/mol. The molecule has 1 saturated heterocycles. The minimum absolute atomic E-state index is 0.129. The molecular formula is C8H13NO2. The highest BCUT2D eigenvalue weighted by molar-refractivity contribution is 5.71. The van der Waals surface area contributed by atoms with Crippen LogP contribution < -0.4 is 5.32 Å². The highest BCUT2D eigenvalue weighted by atomic mass is 16.4. The van der Waals surface area contributed by atoms with Gasteiger partial charge >= 0.3 is 5.97 Å². The van der Waals surface area contributed by atoms with E-state index >= 15 is 0 Å². The molecule has 11 heavy (non-hydrogen) atoms. The van der Waals surface area contributed by atoms with Crippen LogP contribution >= 0.6 is 0 Å². The molecule has 1 aliphatic carbocycles. The fourth-order valence-corrected chi connectivity index (χ4v) is 2.11. The lowest BCUT2D eigenvalue weighted by Crippen LogP contribution is -2.45. The Labute approximate surface area is 65.8 Å². The topological polar surface area (TPSA) is 49.3 Å². The van der Waals surface area contributed by atoms with Gasteiger partial charge in [-0.3, -0.25) is 4.79 Å². The van der Waals surface area contributed by atoms with E-state index in [1.165, 1.54) is 19.3 Å². The Kier molecular flexibility index (Phi) is 1.42. The van der Waals surface area contributed by atoms with Crippen molar-refractivity contribution in [1.82, 2.24) is 5.32 Å². The van der Waals surface area contributed by atoms with Gasteiger partial charge in [0, 0.05) is 12.1 Å². The van der Waals surface area contributed by atoms with Gasteiger partial charge in [-0.25, -0.2) is 0 Å². The molecule has 2 rings (SSSR count). The molecule has 62 valence electrons. The van der Waals surface area contributed by atoms with Crippen molar-refractivity contribution in [3.05, 3.63) is 0 Å². The van der Waals surface area contributed by atoms with Gasteiger partial charge < -0.3 is 10.4 Å². The molecule has 0 amide bonds. The van der Waals surface area contributed by atoms with Gasteiger partial charge in [-0.2, -0.15) is 0 Å². The zero-order valence-corrected chi connectivity index (χ0v) is 6.47. The van der Waals surface area contributed by atoms with Crippen molar-refractivity contribution in [3.63, 3.8) is 0 Å². The predicted octanol–water partition coefficient (Wildman–Crippen LogP) is 0.603. The van der Waals surface area contributed by atoms with Crippen molar-refractivity contribution in [2.45, 2.75) is 31.2 Å². The third kappa shape index (κ3) is 1.03. The van der Waals surface area contributed by atoms with E-state index < -0.39 is 5.97 Å². The highest BCUT2D eigenvalue weighted by Gasteiger charge is 2.45. The normalized spacial score (nSPS) is 33.6. The third-order valence-electron chi connectivity index (χ3n) is 3.02. The first-order valence-electron chi connectivity index (χ1n) is 4.20. The molecule has 2 N–H and O–H groups in total. The summed E-state index contributed by atoms with van der Waals surface area (Å²) in [5.74, 6) is -0.767. The summed E-state index contributed by atoms with van der Waals surface area (Å²) in [5, 5.41) is 12.0. The monoisotopic (exact) mass is 155 g/mol. The number of nitrogens with one attached hydrogen (secondary N) is 1. The zero-order valence-electron chi connectivity index (χ0n) is 6.47. The first kappa shape index (κ1) is 7.10. The van der Waals surface area contributed by atoms with Crippen molar-refractivity contribution < 1.29 is 9.90 Å². The van der Waals surface area contributed by atoms with E-state index in [0.717, 1.165) is 6.42 Å².